The van der Waals surface area contributed by atoms with E-state index in [0.29, 0.717) is 38.2 Å². The van der Waals surface area contributed by atoms with Crippen molar-refractivity contribution in [3.63, 3.8) is 0 Å². The topological polar surface area (TPSA) is 84.0 Å². The Bertz CT molecular complexity index is 1100. The van der Waals surface area contributed by atoms with Gasteiger partial charge in [0.2, 0.25) is 5.91 Å². The molecule has 1 aromatic carbocycles. The fourth-order valence-corrected chi connectivity index (χ4v) is 7.99. The highest BCUT2D eigenvalue weighted by Crippen LogP contribution is 2.39. The van der Waals surface area contributed by atoms with Crippen LogP contribution in [0.3, 0.4) is 0 Å². The molecule has 1 fully saturated rings. The van der Waals surface area contributed by atoms with Gasteiger partial charge in [0.05, 0.1) is 25.1 Å². The molecule has 2 aromatic rings. The lowest BCUT2D eigenvalue weighted by Gasteiger charge is -2.29. The Hall–Kier alpha value is -2.23. The summed E-state index contributed by atoms with van der Waals surface area (Å²) in [7, 11) is -2.52. The smallest absolute Gasteiger partial charge is 0.340 e. The first-order valence-corrected chi connectivity index (χ1v) is 13.2. The van der Waals surface area contributed by atoms with Crippen molar-refractivity contribution in [2.75, 3.05) is 26.7 Å². The van der Waals surface area contributed by atoms with Crippen LogP contribution in [0.1, 0.15) is 58.5 Å². The van der Waals surface area contributed by atoms with Gasteiger partial charge in [-0.2, -0.15) is 4.31 Å². The molecule has 2 aliphatic heterocycles. The number of sulfonamides is 1. The van der Waals surface area contributed by atoms with Crippen LogP contribution in [0, 0.1) is 0 Å². The average Bonchev–Trinajstić information content (AvgIpc) is 3.23. The van der Waals surface area contributed by atoms with E-state index >= 15 is 0 Å². The first-order valence-electron chi connectivity index (χ1n) is 10.9. The van der Waals surface area contributed by atoms with Crippen LogP contribution in [0.2, 0.25) is 0 Å². The summed E-state index contributed by atoms with van der Waals surface area (Å²) in [5, 5.41) is 0. The van der Waals surface area contributed by atoms with Gasteiger partial charge in [-0.15, -0.1) is 11.3 Å². The largest absolute Gasteiger partial charge is 0.465 e. The molecular formula is C23H28N2O5S2. The van der Waals surface area contributed by atoms with Crippen LogP contribution in [0.4, 0.5) is 0 Å². The molecule has 0 saturated carbocycles. The number of thiophene rings is 1. The van der Waals surface area contributed by atoms with Crippen LogP contribution in [-0.4, -0.2) is 56.2 Å². The number of carbonyl (C=O) groups excluding carboxylic acids is 2. The number of ether oxygens (including phenoxy) is 1. The normalized spacial score (nSPS) is 18.1. The fourth-order valence-electron chi connectivity index (χ4n) is 4.44. The number of hydrogen-bond donors (Lipinski definition) is 0. The Balaban J connectivity index is 1.65. The van der Waals surface area contributed by atoms with Crippen molar-refractivity contribution < 1.29 is 22.7 Å². The first kappa shape index (κ1) is 22.9. The molecule has 2 aliphatic rings. The van der Waals surface area contributed by atoms with Gasteiger partial charge in [-0.05, 0) is 37.3 Å². The number of carbonyl (C=O) groups is 2. The zero-order valence-corrected chi connectivity index (χ0v) is 20.0. The van der Waals surface area contributed by atoms with Crippen LogP contribution in [0.15, 0.2) is 34.5 Å². The van der Waals surface area contributed by atoms with E-state index in [9.17, 15) is 18.0 Å². The van der Waals surface area contributed by atoms with E-state index < -0.39 is 16.0 Å². The van der Waals surface area contributed by atoms with Crippen molar-refractivity contribution >= 4 is 33.2 Å². The molecule has 0 bridgehead atoms. The van der Waals surface area contributed by atoms with Gasteiger partial charge in [0, 0.05) is 24.5 Å². The molecule has 4 rings (SSSR count). The van der Waals surface area contributed by atoms with Crippen molar-refractivity contribution in [3.05, 3.63) is 51.9 Å². The number of rotatable bonds is 5. The molecule has 1 atom stereocenters. The van der Waals surface area contributed by atoms with Gasteiger partial charge in [-0.1, -0.05) is 36.8 Å². The zero-order valence-electron chi connectivity index (χ0n) is 18.4. The SMILES string of the molecule is COC(=O)c1c(S(=O)(=O)N2CCCCC2)sc2c1CCN(C(=O)[C@H](C)c1ccccc1)C2. The van der Waals surface area contributed by atoms with Gasteiger partial charge >= 0.3 is 5.97 Å². The maximum Gasteiger partial charge on any atom is 0.340 e. The molecule has 1 saturated heterocycles. The molecule has 7 nitrogen and oxygen atoms in total. The second-order valence-electron chi connectivity index (χ2n) is 8.26. The van der Waals surface area contributed by atoms with E-state index in [0.717, 1.165) is 41.0 Å². The Morgan fingerprint density at radius 1 is 1.06 bits per heavy atom. The molecule has 0 unspecified atom stereocenters. The summed E-state index contributed by atoms with van der Waals surface area (Å²) in [6.07, 6.45) is 3.07. The minimum absolute atomic E-state index is 0.00435. The number of hydrogen-bond acceptors (Lipinski definition) is 6. The minimum atomic E-state index is -3.79. The summed E-state index contributed by atoms with van der Waals surface area (Å²) in [6.45, 7) is 3.55. The third kappa shape index (κ3) is 4.21. The Morgan fingerprint density at radius 2 is 1.75 bits per heavy atom. The maximum absolute atomic E-state index is 13.4. The number of fused-ring (bicyclic) bond motifs is 1. The van der Waals surface area contributed by atoms with Gasteiger partial charge in [0.15, 0.2) is 0 Å². The summed E-state index contributed by atoms with van der Waals surface area (Å²) >= 11 is 1.11. The number of esters is 1. The Labute approximate surface area is 193 Å². The second-order valence-corrected chi connectivity index (χ2v) is 11.5. The molecule has 0 aliphatic carbocycles. The highest BCUT2D eigenvalue weighted by Gasteiger charge is 2.38. The monoisotopic (exact) mass is 476 g/mol. The van der Waals surface area contributed by atoms with Crippen molar-refractivity contribution in [3.8, 4) is 0 Å². The highest BCUT2D eigenvalue weighted by molar-refractivity contribution is 7.91. The lowest BCUT2D eigenvalue weighted by molar-refractivity contribution is -0.133. The Morgan fingerprint density at radius 3 is 2.41 bits per heavy atom. The van der Waals surface area contributed by atoms with Crippen molar-refractivity contribution in [1.29, 1.82) is 0 Å². The third-order valence-electron chi connectivity index (χ3n) is 6.28. The molecule has 1 amide bonds. The number of amides is 1. The van der Waals surface area contributed by atoms with E-state index in [4.69, 9.17) is 4.74 Å². The minimum Gasteiger partial charge on any atom is -0.465 e. The summed E-state index contributed by atoms with van der Waals surface area (Å²) in [5.74, 6) is -0.930. The summed E-state index contributed by atoms with van der Waals surface area (Å²) in [6, 6.07) is 9.60. The molecule has 172 valence electrons. The maximum atomic E-state index is 13.4. The lowest BCUT2D eigenvalue weighted by atomic mass is 9.97. The lowest BCUT2D eigenvalue weighted by Crippen LogP contribution is -2.38. The molecule has 0 radical (unpaired) electrons. The van der Waals surface area contributed by atoms with Crippen molar-refractivity contribution in [1.82, 2.24) is 9.21 Å². The number of benzene rings is 1. The second kappa shape index (κ2) is 9.33. The number of methoxy groups -OCH3 is 1. The molecule has 9 heteroatoms. The third-order valence-corrected chi connectivity index (χ3v) is 9.90. The predicted octanol–water partition coefficient (Wildman–Crippen LogP) is 3.40. The molecular weight excluding hydrogens is 448 g/mol. The van der Waals surface area contributed by atoms with E-state index in [2.05, 4.69) is 0 Å². The fraction of sp³-hybridized carbons (Fsp3) is 0.478. The quantitative estimate of drug-likeness (QED) is 0.618. The van der Waals surface area contributed by atoms with E-state index in [1.165, 1.54) is 11.4 Å². The van der Waals surface area contributed by atoms with E-state index in [1.54, 1.807) is 4.90 Å². The summed E-state index contributed by atoms with van der Waals surface area (Å²) < 4.78 is 33.3. The predicted molar refractivity (Wildman–Crippen MR) is 122 cm³/mol. The van der Waals surface area contributed by atoms with Gasteiger partial charge in [0.25, 0.3) is 10.0 Å². The Kier molecular flexibility index (Phi) is 6.69. The van der Waals surface area contributed by atoms with Gasteiger partial charge in [-0.3, -0.25) is 4.79 Å². The van der Waals surface area contributed by atoms with Crippen LogP contribution in [0.25, 0.3) is 0 Å². The molecule has 1 aromatic heterocycles. The van der Waals surface area contributed by atoms with Gasteiger partial charge < -0.3 is 9.64 Å². The zero-order chi connectivity index (χ0) is 22.9. The summed E-state index contributed by atoms with van der Waals surface area (Å²) in [5.41, 5.74) is 1.80. The average molecular weight is 477 g/mol. The molecule has 0 spiro atoms. The van der Waals surface area contributed by atoms with Crippen LogP contribution in [0.5, 0.6) is 0 Å². The van der Waals surface area contributed by atoms with Crippen LogP contribution in [-0.2, 0) is 32.5 Å². The highest BCUT2D eigenvalue weighted by atomic mass is 32.2. The first-order chi connectivity index (χ1) is 15.3. The molecule has 32 heavy (non-hydrogen) atoms. The van der Waals surface area contributed by atoms with Crippen LogP contribution >= 0.6 is 11.3 Å². The molecule has 0 N–H and O–H groups in total. The van der Waals surface area contributed by atoms with Crippen LogP contribution < -0.4 is 0 Å². The molecule has 3 heterocycles. The number of piperidine rings is 1. The van der Waals surface area contributed by atoms with Gasteiger partial charge in [-0.25, -0.2) is 13.2 Å². The standard InChI is InChI=1S/C23H28N2O5S2/c1-16(17-9-5-3-6-10-17)21(26)24-14-11-18-19(15-24)31-23(20(18)22(27)30-2)32(28,29)25-12-7-4-8-13-25/h3,5-6,9-10,16H,4,7-8,11-15H2,1-2H3/t16-/m1/s1. The van der Waals surface area contributed by atoms with Crippen molar-refractivity contribution in [2.24, 2.45) is 0 Å². The van der Waals surface area contributed by atoms with E-state index in [1.807, 2.05) is 37.3 Å². The number of nitrogens with zero attached hydrogens (tertiary/aromatic N) is 2. The summed E-state index contributed by atoms with van der Waals surface area (Å²) in [4.78, 5) is 28.3. The van der Waals surface area contributed by atoms with Crippen molar-refractivity contribution in [2.45, 2.75) is 49.3 Å². The van der Waals surface area contributed by atoms with Gasteiger partial charge in [0.1, 0.15) is 4.21 Å². The van der Waals surface area contributed by atoms with E-state index in [-0.39, 0.29) is 21.6 Å².